The van der Waals surface area contributed by atoms with Gasteiger partial charge in [0.05, 0.1) is 40.8 Å². The van der Waals surface area contributed by atoms with Crippen molar-refractivity contribution in [3.63, 3.8) is 0 Å². The van der Waals surface area contributed by atoms with Crippen LogP contribution in [-0.2, 0) is 43.2 Å². The number of cyclic esters (lactones) is 1. The van der Waals surface area contributed by atoms with Gasteiger partial charge in [-0.15, -0.1) is 11.3 Å². The maximum Gasteiger partial charge on any atom is 0.324 e. The first kappa shape index (κ1) is 45.7. The van der Waals surface area contributed by atoms with E-state index in [0.29, 0.717) is 49.8 Å². The first-order valence-electron chi connectivity index (χ1n) is 22.9. The minimum absolute atomic E-state index is 0.118. The number of benzene rings is 1. The number of aryl methyl sites for hydroxylation is 1. The average Bonchev–Trinajstić information content (AvgIpc) is 3.87. The Morgan fingerprint density at radius 1 is 1.12 bits per heavy atom. The van der Waals surface area contributed by atoms with Crippen molar-refractivity contribution in [1.82, 2.24) is 45.0 Å². The summed E-state index contributed by atoms with van der Waals surface area (Å²) in [5.74, 6) is -0.999. The third kappa shape index (κ3) is 8.90. The number of aromatic nitrogens is 3. The zero-order chi connectivity index (χ0) is 45.6. The van der Waals surface area contributed by atoms with E-state index >= 15 is 0 Å². The van der Waals surface area contributed by atoms with Crippen LogP contribution in [0.4, 0.5) is 4.79 Å². The molecule has 7 heterocycles. The average molecular weight is 896 g/mol. The van der Waals surface area contributed by atoms with E-state index in [2.05, 4.69) is 72.3 Å². The molecule has 344 valence electrons. The second-order valence-corrected chi connectivity index (χ2v) is 20.3. The lowest BCUT2D eigenvalue weighted by Gasteiger charge is -2.54. The summed E-state index contributed by atoms with van der Waals surface area (Å²) in [5, 5.41) is 8.27. The van der Waals surface area contributed by atoms with Gasteiger partial charge in [-0.2, -0.15) is 0 Å². The number of amides is 4. The molecule has 0 spiro atoms. The van der Waals surface area contributed by atoms with Crippen LogP contribution in [0.2, 0.25) is 0 Å². The summed E-state index contributed by atoms with van der Waals surface area (Å²) >= 11 is 1.44. The summed E-state index contributed by atoms with van der Waals surface area (Å²) in [5.41, 5.74) is 9.43. The van der Waals surface area contributed by atoms with Crippen LogP contribution in [0.1, 0.15) is 83.2 Å². The number of nitrogens with one attached hydrogen (secondary N) is 2. The van der Waals surface area contributed by atoms with E-state index in [4.69, 9.17) is 19.4 Å². The second kappa shape index (κ2) is 18.5. The highest BCUT2D eigenvalue weighted by Gasteiger charge is 2.47. The second-order valence-electron chi connectivity index (χ2n) is 19.4. The molecular weight excluding hydrogens is 831 g/mol. The van der Waals surface area contributed by atoms with Crippen molar-refractivity contribution in [2.24, 2.45) is 17.3 Å². The van der Waals surface area contributed by atoms with Gasteiger partial charge < -0.3 is 34.1 Å². The zero-order valence-electron chi connectivity index (χ0n) is 38.8. The minimum Gasteiger partial charge on any atom is -0.464 e. The number of rotatable bonds is 8. The maximum atomic E-state index is 14.6. The molecule has 64 heavy (non-hydrogen) atoms. The number of carbonyl (C=O) groups is 4. The molecule has 1 unspecified atom stereocenters. The van der Waals surface area contributed by atoms with E-state index in [-0.39, 0.29) is 43.0 Å². The van der Waals surface area contributed by atoms with Gasteiger partial charge >= 0.3 is 12.0 Å². The van der Waals surface area contributed by atoms with E-state index in [1.54, 1.807) is 25.3 Å². The van der Waals surface area contributed by atoms with E-state index in [1.807, 2.05) is 37.1 Å². The number of pyridine rings is 1. The van der Waals surface area contributed by atoms with Crippen molar-refractivity contribution in [3.8, 4) is 22.5 Å². The van der Waals surface area contributed by atoms with E-state index in [0.717, 1.165) is 64.2 Å². The SMILES string of the molecule is CCn1c(-c2cccnc2[C@H](C)OC)c2c3cc(ccc31)-c1csc(n1)C[C@H](NC(=O)C(C(C)C)N(C)C(=O)N1C[C@@H]3CCN(C)C[C@@H]31)C(=O)N1CCC[C@H](N1)C(=O)OCC(C)(C)C2. The Labute approximate surface area is 380 Å². The van der Waals surface area contributed by atoms with Crippen LogP contribution >= 0.6 is 11.3 Å². The summed E-state index contributed by atoms with van der Waals surface area (Å²) in [6, 6.07) is 7.81. The molecule has 8 rings (SSSR count). The van der Waals surface area contributed by atoms with Gasteiger partial charge in [-0.1, -0.05) is 33.8 Å². The highest BCUT2D eigenvalue weighted by atomic mass is 32.1. The molecule has 4 aliphatic rings. The van der Waals surface area contributed by atoms with Crippen LogP contribution in [0.5, 0.6) is 0 Å². The van der Waals surface area contributed by atoms with Gasteiger partial charge in [0.15, 0.2) is 0 Å². The number of nitrogens with zero attached hydrogens (tertiary/aromatic N) is 7. The van der Waals surface area contributed by atoms with Gasteiger partial charge in [0, 0.05) is 85.8 Å². The number of hydrogen-bond donors (Lipinski definition) is 2. The number of piperidine rings is 1. The predicted molar refractivity (Wildman–Crippen MR) is 247 cm³/mol. The lowest BCUT2D eigenvalue weighted by atomic mass is 9.82. The molecule has 0 radical (unpaired) electrons. The Balaban J connectivity index is 1.16. The maximum absolute atomic E-state index is 14.6. The van der Waals surface area contributed by atoms with Crippen molar-refractivity contribution in [3.05, 3.63) is 58.2 Å². The molecule has 6 atom stereocenters. The molecule has 1 aromatic carbocycles. The van der Waals surface area contributed by atoms with Crippen LogP contribution in [0.25, 0.3) is 33.4 Å². The Hall–Kier alpha value is -4.90. The third-order valence-corrected chi connectivity index (χ3v) is 14.6. The lowest BCUT2D eigenvalue weighted by Crippen LogP contribution is -2.68. The fourth-order valence-corrected chi connectivity index (χ4v) is 11.1. The zero-order valence-corrected chi connectivity index (χ0v) is 39.7. The summed E-state index contributed by atoms with van der Waals surface area (Å²) in [6.45, 7) is 15.9. The minimum atomic E-state index is -1.03. The molecule has 3 fully saturated rings. The normalized spacial score (nSPS) is 23.8. The third-order valence-electron chi connectivity index (χ3n) is 13.8. The molecular formula is C48H65N9O6S. The van der Waals surface area contributed by atoms with Crippen molar-refractivity contribution >= 4 is 46.1 Å². The number of ether oxygens (including phenoxy) is 2. The van der Waals surface area contributed by atoms with Gasteiger partial charge in [-0.05, 0) is 94.8 Å². The van der Waals surface area contributed by atoms with Gasteiger partial charge in [-0.3, -0.25) is 24.4 Å². The number of likely N-dealkylation sites (N-methyl/N-ethyl adjacent to an activating group) is 2. The summed E-state index contributed by atoms with van der Waals surface area (Å²) < 4.78 is 14.3. The fourth-order valence-electron chi connectivity index (χ4n) is 10.2. The molecule has 3 aromatic heterocycles. The molecule has 0 aliphatic carbocycles. The molecule has 6 bridgehead atoms. The van der Waals surface area contributed by atoms with Crippen LogP contribution in [0, 0.1) is 17.3 Å². The van der Waals surface area contributed by atoms with Gasteiger partial charge in [0.25, 0.3) is 5.91 Å². The Bertz CT molecular complexity index is 2390. The molecule has 2 N–H and O–H groups in total. The topological polar surface area (TPSA) is 154 Å². The van der Waals surface area contributed by atoms with Crippen molar-refractivity contribution in [2.45, 2.75) is 110 Å². The van der Waals surface area contributed by atoms with Gasteiger partial charge in [0.2, 0.25) is 5.91 Å². The van der Waals surface area contributed by atoms with E-state index < -0.39 is 35.4 Å². The summed E-state index contributed by atoms with van der Waals surface area (Å²) in [4.78, 5) is 72.6. The predicted octanol–water partition coefficient (Wildman–Crippen LogP) is 5.91. The molecule has 15 nitrogen and oxygen atoms in total. The fraction of sp³-hybridized carbons (Fsp3) is 0.583. The number of hydrogen-bond acceptors (Lipinski definition) is 11. The number of urea groups is 1. The summed E-state index contributed by atoms with van der Waals surface area (Å²) in [7, 11) is 5.45. The Kier molecular flexibility index (Phi) is 13.2. The van der Waals surface area contributed by atoms with Crippen LogP contribution in [0.3, 0.4) is 0 Å². The lowest BCUT2D eigenvalue weighted by molar-refractivity contribution is -0.155. The van der Waals surface area contributed by atoms with Gasteiger partial charge in [0.1, 0.15) is 18.1 Å². The molecule has 16 heteroatoms. The van der Waals surface area contributed by atoms with E-state index in [9.17, 15) is 19.2 Å². The number of likely N-dealkylation sites (tertiary alicyclic amines) is 2. The molecule has 4 amide bonds. The van der Waals surface area contributed by atoms with Crippen LogP contribution < -0.4 is 10.7 Å². The smallest absolute Gasteiger partial charge is 0.324 e. The molecule has 3 saturated heterocycles. The molecule has 4 aliphatic heterocycles. The van der Waals surface area contributed by atoms with Crippen molar-refractivity contribution < 1.29 is 28.7 Å². The van der Waals surface area contributed by atoms with E-state index in [1.165, 1.54) is 16.3 Å². The van der Waals surface area contributed by atoms with Crippen molar-refractivity contribution in [1.29, 1.82) is 0 Å². The first-order valence-corrected chi connectivity index (χ1v) is 23.8. The number of carbonyl (C=O) groups excluding carboxylic acids is 4. The number of fused-ring (bicyclic) bond motifs is 7. The quantitative estimate of drug-likeness (QED) is 0.204. The van der Waals surface area contributed by atoms with Crippen LogP contribution in [-0.4, -0.2) is 136 Å². The molecule has 0 saturated carbocycles. The molecule has 4 aromatic rings. The largest absolute Gasteiger partial charge is 0.464 e. The Morgan fingerprint density at radius 3 is 2.67 bits per heavy atom. The van der Waals surface area contributed by atoms with Gasteiger partial charge in [-0.25, -0.2) is 15.2 Å². The highest BCUT2D eigenvalue weighted by Crippen LogP contribution is 2.42. The number of hydrazine groups is 1. The van der Waals surface area contributed by atoms with Crippen molar-refractivity contribution in [2.75, 3.05) is 54.0 Å². The number of methoxy groups -OCH3 is 1. The standard InChI is InChI=1S/C48H65N9O6S/c1-10-55-38-16-15-30-21-33(38)34(43(55)32-13-11-18-49-41(32)29(4)62-9)23-48(5,6)27-63-46(60)35-14-12-19-57(52-35)45(59)36(22-40-50-37(30)26-64-40)51-44(58)42(28(2)3)54(8)47(61)56-24-31-17-20-53(7)25-39(31)56/h11,13,15-16,18,21,26,28-29,31,35-36,39,42,52H,10,12,14,17,19-20,22-25,27H2,1-9H3,(H,51,58)/t29-,31-,35-,36-,39-,42?/m0/s1. The Morgan fingerprint density at radius 2 is 1.92 bits per heavy atom. The van der Waals surface area contributed by atoms with Crippen LogP contribution in [0.15, 0.2) is 41.9 Å². The number of thiazole rings is 1. The summed E-state index contributed by atoms with van der Waals surface area (Å²) in [6.07, 6.45) is 4.38. The monoisotopic (exact) mass is 895 g/mol. The first-order chi connectivity index (χ1) is 30.6. The highest BCUT2D eigenvalue weighted by molar-refractivity contribution is 7.10. The number of esters is 1.